The van der Waals surface area contributed by atoms with Crippen LogP contribution in [0.1, 0.15) is 64.4 Å². The van der Waals surface area contributed by atoms with Gasteiger partial charge in [-0.1, -0.05) is 57.6 Å². The molecule has 2 rings (SSSR count). The third kappa shape index (κ3) is 6.09. The third-order valence-corrected chi connectivity index (χ3v) is 4.37. The molecule has 2 heteroatoms. The monoisotopic (exact) mass is 290 g/mol. The first-order chi connectivity index (χ1) is 10.3. The van der Waals surface area contributed by atoms with E-state index < -0.39 is 0 Å². The second-order valence-corrected chi connectivity index (χ2v) is 6.24. The minimum Gasteiger partial charge on any atom is -0.465 e. The molecule has 1 aromatic rings. The van der Waals surface area contributed by atoms with E-state index in [1.165, 1.54) is 50.5 Å². The summed E-state index contributed by atoms with van der Waals surface area (Å²) in [6.45, 7) is 5.01. The molecule has 118 valence electrons. The molecule has 0 radical (unpaired) electrons. The number of benzene rings is 1. The SMILES string of the molecule is CCCc1ccc(OC(C)OCCC2CCCCC2)cc1. The molecule has 1 fully saturated rings. The van der Waals surface area contributed by atoms with Crippen molar-refractivity contribution < 1.29 is 9.47 Å². The number of hydrogen-bond acceptors (Lipinski definition) is 2. The first-order valence-electron chi connectivity index (χ1n) is 8.65. The van der Waals surface area contributed by atoms with Gasteiger partial charge in [-0.15, -0.1) is 0 Å². The van der Waals surface area contributed by atoms with Gasteiger partial charge >= 0.3 is 0 Å². The summed E-state index contributed by atoms with van der Waals surface area (Å²) in [7, 11) is 0. The van der Waals surface area contributed by atoms with E-state index in [1.807, 2.05) is 19.1 Å². The molecule has 0 heterocycles. The quantitative estimate of drug-likeness (QED) is 0.601. The average Bonchev–Trinajstić information content (AvgIpc) is 2.51. The topological polar surface area (TPSA) is 18.5 Å². The molecule has 1 saturated carbocycles. The van der Waals surface area contributed by atoms with E-state index in [9.17, 15) is 0 Å². The van der Waals surface area contributed by atoms with Gasteiger partial charge in [-0.2, -0.15) is 0 Å². The van der Waals surface area contributed by atoms with Crippen LogP contribution in [0.4, 0.5) is 0 Å². The summed E-state index contributed by atoms with van der Waals surface area (Å²) in [5.41, 5.74) is 1.37. The molecule has 0 bridgehead atoms. The Labute approximate surface area is 129 Å². The minimum absolute atomic E-state index is 0.161. The standard InChI is InChI=1S/C19H30O2/c1-3-7-17-10-12-19(13-11-17)21-16(2)20-15-14-18-8-5-4-6-9-18/h10-13,16,18H,3-9,14-15H2,1-2H3. The molecule has 0 saturated heterocycles. The van der Waals surface area contributed by atoms with Crippen molar-refractivity contribution in [2.24, 2.45) is 5.92 Å². The Morgan fingerprint density at radius 3 is 2.48 bits per heavy atom. The van der Waals surface area contributed by atoms with Gasteiger partial charge in [0.25, 0.3) is 0 Å². The maximum Gasteiger partial charge on any atom is 0.196 e. The van der Waals surface area contributed by atoms with Crippen molar-refractivity contribution in [2.45, 2.75) is 71.5 Å². The summed E-state index contributed by atoms with van der Waals surface area (Å²) < 4.78 is 11.6. The number of hydrogen-bond donors (Lipinski definition) is 0. The van der Waals surface area contributed by atoms with Crippen LogP contribution in [-0.4, -0.2) is 12.9 Å². The highest BCUT2D eigenvalue weighted by Crippen LogP contribution is 2.26. The van der Waals surface area contributed by atoms with Crippen LogP contribution in [0.2, 0.25) is 0 Å². The summed E-state index contributed by atoms with van der Waals surface area (Å²) in [5.74, 6) is 1.78. The first-order valence-corrected chi connectivity index (χ1v) is 8.65. The molecule has 1 aromatic carbocycles. The molecule has 0 amide bonds. The number of ether oxygens (including phenoxy) is 2. The van der Waals surface area contributed by atoms with Crippen LogP contribution in [0.15, 0.2) is 24.3 Å². The molecule has 0 N–H and O–H groups in total. The predicted octanol–water partition coefficient (Wildman–Crippen LogP) is 5.35. The first kappa shape index (κ1) is 16.4. The van der Waals surface area contributed by atoms with E-state index in [-0.39, 0.29) is 6.29 Å². The normalized spacial score (nSPS) is 17.6. The van der Waals surface area contributed by atoms with Gasteiger partial charge in [0.1, 0.15) is 5.75 Å². The van der Waals surface area contributed by atoms with Gasteiger partial charge in [0.2, 0.25) is 0 Å². The van der Waals surface area contributed by atoms with E-state index in [0.717, 1.165) is 24.7 Å². The van der Waals surface area contributed by atoms with Gasteiger partial charge in [0.15, 0.2) is 6.29 Å². The summed E-state index contributed by atoms with van der Waals surface area (Å²) in [5, 5.41) is 0. The lowest BCUT2D eigenvalue weighted by atomic mass is 9.87. The van der Waals surface area contributed by atoms with Gasteiger partial charge in [-0.05, 0) is 43.4 Å². The van der Waals surface area contributed by atoms with Crippen LogP contribution in [-0.2, 0) is 11.2 Å². The highest BCUT2D eigenvalue weighted by atomic mass is 16.7. The van der Waals surface area contributed by atoms with Gasteiger partial charge < -0.3 is 9.47 Å². The van der Waals surface area contributed by atoms with Gasteiger partial charge in [-0.3, -0.25) is 0 Å². The van der Waals surface area contributed by atoms with Crippen molar-refractivity contribution in [1.82, 2.24) is 0 Å². The molecular weight excluding hydrogens is 260 g/mol. The Bertz CT molecular complexity index is 379. The molecule has 1 aliphatic carbocycles. The van der Waals surface area contributed by atoms with Crippen LogP contribution < -0.4 is 4.74 Å². The van der Waals surface area contributed by atoms with Crippen LogP contribution in [0, 0.1) is 5.92 Å². The van der Waals surface area contributed by atoms with Crippen LogP contribution >= 0.6 is 0 Å². The molecule has 1 unspecified atom stereocenters. The Hall–Kier alpha value is -1.02. The highest BCUT2D eigenvalue weighted by Gasteiger charge is 2.13. The minimum atomic E-state index is -0.161. The zero-order chi connectivity index (χ0) is 14.9. The summed E-state index contributed by atoms with van der Waals surface area (Å²) >= 11 is 0. The lowest BCUT2D eigenvalue weighted by molar-refractivity contribution is -0.0711. The maximum atomic E-state index is 5.81. The Kier molecular flexibility index (Phi) is 7.08. The summed E-state index contributed by atoms with van der Waals surface area (Å²) in [4.78, 5) is 0. The number of aryl methyl sites for hydroxylation is 1. The fourth-order valence-corrected chi connectivity index (χ4v) is 3.13. The van der Waals surface area contributed by atoms with Gasteiger partial charge in [0, 0.05) is 0 Å². The van der Waals surface area contributed by atoms with E-state index in [0.29, 0.717) is 0 Å². The maximum absolute atomic E-state index is 5.81. The van der Waals surface area contributed by atoms with Gasteiger partial charge in [0.05, 0.1) is 6.61 Å². The average molecular weight is 290 g/mol. The molecule has 1 atom stereocenters. The summed E-state index contributed by atoms with van der Waals surface area (Å²) in [6, 6.07) is 8.39. The Morgan fingerprint density at radius 1 is 1.10 bits per heavy atom. The molecule has 0 aliphatic heterocycles. The number of rotatable bonds is 8. The van der Waals surface area contributed by atoms with Crippen LogP contribution in [0.5, 0.6) is 5.75 Å². The van der Waals surface area contributed by atoms with E-state index in [4.69, 9.17) is 9.47 Å². The summed E-state index contributed by atoms with van der Waals surface area (Å²) in [6.07, 6.45) is 10.3. The fourth-order valence-electron chi connectivity index (χ4n) is 3.13. The molecule has 0 aromatic heterocycles. The highest BCUT2D eigenvalue weighted by molar-refractivity contribution is 5.27. The van der Waals surface area contributed by atoms with Crippen molar-refractivity contribution in [3.05, 3.63) is 29.8 Å². The molecule has 21 heavy (non-hydrogen) atoms. The smallest absolute Gasteiger partial charge is 0.196 e. The zero-order valence-electron chi connectivity index (χ0n) is 13.6. The van der Waals surface area contributed by atoms with Crippen molar-refractivity contribution in [3.63, 3.8) is 0 Å². The Balaban J connectivity index is 1.65. The third-order valence-electron chi connectivity index (χ3n) is 4.37. The lowest BCUT2D eigenvalue weighted by Crippen LogP contribution is -2.19. The van der Waals surface area contributed by atoms with Crippen molar-refractivity contribution in [3.8, 4) is 5.75 Å². The molecule has 2 nitrogen and oxygen atoms in total. The zero-order valence-corrected chi connectivity index (χ0v) is 13.6. The molecular formula is C19H30O2. The fraction of sp³-hybridized carbons (Fsp3) is 0.684. The van der Waals surface area contributed by atoms with Crippen molar-refractivity contribution in [2.75, 3.05) is 6.61 Å². The van der Waals surface area contributed by atoms with Crippen molar-refractivity contribution in [1.29, 1.82) is 0 Å². The van der Waals surface area contributed by atoms with Gasteiger partial charge in [-0.25, -0.2) is 0 Å². The largest absolute Gasteiger partial charge is 0.465 e. The van der Waals surface area contributed by atoms with Crippen molar-refractivity contribution >= 4 is 0 Å². The molecule has 0 spiro atoms. The van der Waals surface area contributed by atoms with Crippen LogP contribution in [0.25, 0.3) is 0 Å². The molecule has 1 aliphatic rings. The lowest BCUT2D eigenvalue weighted by Gasteiger charge is -2.22. The second-order valence-electron chi connectivity index (χ2n) is 6.24. The van der Waals surface area contributed by atoms with E-state index in [2.05, 4.69) is 19.1 Å². The van der Waals surface area contributed by atoms with E-state index in [1.54, 1.807) is 0 Å². The second kappa shape index (κ2) is 9.09. The predicted molar refractivity (Wildman–Crippen MR) is 87.7 cm³/mol. The Morgan fingerprint density at radius 2 is 1.81 bits per heavy atom. The van der Waals surface area contributed by atoms with E-state index >= 15 is 0 Å². The van der Waals surface area contributed by atoms with Crippen LogP contribution in [0.3, 0.4) is 0 Å².